The van der Waals surface area contributed by atoms with Crippen molar-refractivity contribution in [3.05, 3.63) is 28.2 Å². The van der Waals surface area contributed by atoms with Crippen LogP contribution in [0.15, 0.2) is 18.2 Å². The van der Waals surface area contributed by atoms with Crippen LogP contribution in [0.5, 0.6) is 0 Å². The average Bonchev–Trinajstić information content (AvgIpc) is 2.10. The van der Waals surface area contributed by atoms with Crippen molar-refractivity contribution in [2.75, 3.05) is 26.0 Å². The number of hydrogen-bond donors (Lipinski definition) is 1. The number of carbonyl (C=O) groups is 1. The van der Waals surface area contributed by atoms with E-state index in [0.717, 1.165) is 0 Å². The number of amides is 1. The lowest BCUT2D eigenvalue weighted by Crippen LogP contribution is -2.27. The highest BCUT2D eigenvalue weighted by Gasteiger charge is 2.06. The van der Waals surface area contributed by atoms with Gasteiger partial charge in [0.15, 0.2) is 0 Å². The number of nitrogens with zero attached hydrogens (tertiary/aromatic N) is 1. The van der Waals surface area contributed by atoms with Crippen molar-refractivity contribution in [3.8, 4) is 0 Å². The Morgan fingerprint density at radius 3 is 2.67 bits per heavy atom. The molecule has 0 fully saturated rings. The largest absolute Gasteiger partial charge is 0.324 e. The fourth-order valence-corrected chi connectivity index (χ4v) is 1.41. The van der Waals surface area contributed by atoms with Crippen molar-refractivity contribution in [2.45, 2.75) is 0 Å². The fourth-order valence-electron chi connectivity index (χ4n) is 1.07. The molecule has 0 heterocycles. The van der Waals surface area contributed by atoms with Crippen LogP contribution in [0.25, 0.3) is 0 Å². The molecule has 0 aromatic heterocycles. The Hall–Kier alpha value is -0.770. The minimum absolute atomic E-state index is 0.121. The van der Waals surface area contributed by atoms with E-state index in [9.17, 15) is 4.79 Å². The molecule has 1 N–H and O–H groups in total. The Bertz CT molecular complexity index is 366. The predicted molar refractivity (Wildman–Crippen MR) is 63.6 cm³/mol. The molecule has 0 aliphatic heterocycles. The Morgan fingerprint density at radius 2 is 2.07 bits per heavy atom. The zero-order valence-electron chi connectivity index (χ0n) is 8.55. The highest BCUT2D eigenvalue weighted by molar-refractivity contribution is 6.35. The molecular weight excluding hydrogens is 235 g/mol. The molecule has 1 aromatic carbocycles. The van der Waals surface area contributed by atoms with Crippen LogP contribution in [0.4, 0.5) is 5.69 Å². The van der Waals surface area contributed by atoms with Crippen molar-refractivity contribution in [1.82, 2.24) is 4.90 Å². The van der Waals surface area contributed by atoms with E-state index in [1.807, 2.05) is 14.1 Å². The number of nitrogens with one attached hydrogen (secondary N) is 1. The van der Waals surface area contributed by atoms with E-state index < -0.39 is 0 Å². The second-order valence-electron chi connectivity index (χ2n) is 3.41. The first kappa shape index (κ1) is 12.3. The first-order valence-electron chi connectivity index (χ1n) is 4.38. The Balaban J connectivity index is 2.71. The molecule has 0 radical (unpaired) electrons. The number of benzene rings is 1. The van der Waals surface area contributed by atoms with Gasteiger partial charge in [-0.25, -0.2) is 0 Å². The van der Waals surface area contributed by atoms with Crippen LogP contribution in [-0.4, -0.2) is 31.4 Å². The third-order valence-corrected chi connectivity index (χ3v) is 2.23. The van der Waals surface area contributed by atoms with E-state index in [2.05, 4.69) is 5.32 Å². The topological polar surface area (TPSA) is 32.3 Å². The van der Waals surface area contributed by atoms with Crippen molar-refractivity contribution < 1.29 is 4.79 Å². The maximum Gasteiger partial charge on any atom is 0.238 e. The first-order chi connectivity index (χ1) is 6.99. The van der Waals surface area contributed by atoms with Gasteiger partial charge in [-0.05, 0) is 32.3 Å². The van der Waals surface area contributed by atoms with Crippen LogP contribution in [0.2, 0.25) is 10.0 Å². The number of carbonyl (C=O) groups excluding carboxylic acids is 1. The zero-order valence-corrected chi connectivity index (χ0v) is 10.1. The Kier molecular flexibility index (Phi) is 4.39. The van der Waals surface area contributed by atoms with Gasteiger partial charge in [-0.3, -0.25) is 4.79 Å². The zero-order chi connectivity index (χ0) is 11.4. The minimum Gasteiger partial charge on any atom is -0.324 e. The van der Waals surface area contributed by atoms with Crippen LogP contribution in [-0.2, 0) is 4.79 Å². The smallest absolute Gasteiger partial charge is 0.238 e. The van der Waals surface area contributed by atoms with Crippen molar-refractivity contribution in [1.29, 1.82) is 0 Å². The minimum atomic E-state index is -0.121. The molecular formula is C10H12Cl2N2O. The molecule has 5 heteroatoms. The number of likely N-dealkylation sites (N-methyl/N-ethyl adjacent to an activating group) is 1. The van der Waals surface area contributed by atoms with Gasteiger partial charge in [-0.15, -0.1) is 0 Å². The van der Waals surface area contributed by atoms with Crippen molar-refractivity contribution in [2.24, 2.45) is 0 Å². The number of rotatable bonds is 3. The third-order valence-electron chi connectivity index (χ3n) is 1.66. The molecule has 82 valence electrons. The van der Waals surface area contributed by atoms with Gasteiger partial charge < -0.3 is 10.2 Å². The quantitative estimate of drug-likeness (QED) is 0.889. The highest BCUT2D eigenvalue weighted by Crippen LogP contribution is 2.25. The molecule has 0 aliphatic rings. The molecule has 15 heavy (non-hydrogen) atoms. The van der Waals surface area contributed by atoms with Crippen LogP contribution < -0.4 is 5.32 Å². The molecule has 0 atom stereocenters. The fraction of sp³-hybridized carbons (Fsp3) is 0.300. The number of anilines is 1. The van der Waals surface area contributed by atoms with Crippen molar-refractivity contribution >= 4 is 34.8 Å². The SMILES string of the molecule is CN(C)CC(=O)Nc1cc(Cl)ccc1Cl. The summed E-state index contributed by atoms with van der Waals surface area (Å²) in [7, 11) is 3.64. The summed E-state index contributed by atoms with van der Waals surface area (Å²) in [4.78, 5) is 13.2. The van der Waals surface area contributed by atoms with E-state index in [0.29, 0.717) is 22.3 Å². The van der Waals surface area contributed by atoms with Gasteiger partial charge in [0.2, 0.25) is 5.91 Å². The molecule has 1 aromatic rings. The molecule has 3 nitrogen and oxygen atoms in total. The monoisotopic (exact) mass is 246 g/mol. The van der Waals surface area contributed by atoms with Crippen LogP contribution in [0.3, 0.4) is 0 Å². The van der Waals surface area contributed by atoms with Gasteiger partial charge in [0.1, 0.15) is 0 Å². The molecule has 1 amide bonds. The number of hydrogen-bond acceptors (Lipinski definition) is 2. The van der Waals surface area contributed by atoms with Gasteiger partial charge in [0.05, 0.1) is 17.3 Å². The maximum absolute atomic E-state index is 11.4. The predicted octanol–water partition coefficient (Wildman–Crippen LogP) is 2.49. The summed E-state index contributed by atoms with van der Waals surface area (Å²) in [6.07, 6.45) is 0. The van der Waals surface area contributed by atoms with Crippen molar-refractivity contribution in [3.63, 3.8) is 0 Å². The van der Waals surface area contributed by atoms with E-state index >= 15 is 0 Å². The van der Waals surface area contributed by atoms with E-state index in [1.54, 1.807) is 23.1 Å². The van der Waals surface area contributed by atoms with E-state index in [1.165, 1.54) is 0 Å². The highest BCUT2D eigenvalue weighted by atomic mass is 35.5. The summed E-state index contributed by atoms with van der Waals surface area (Å²) in [6, 6.07) is 4.94. The molecule has 0 saturated heterocycles. The second kappa shape index (κ2) is 5.35. The van der Waals surface area contributed by atoms with Gasteiger partial charge >= 0.3 is 0 Å². The normalized spacial score (nSPS) is 10.5. The standard InChI is InChI=1S/C10H12Cl2N2O/c1-14(2)6-10(15)13-9-5-7(11)3-4-8(9)12/h3-5H,6H2,1-2H3,(H,13,15). The summed E-state index contributed by atoms with van der Waals surface area (Å²) < 4.78 is 0. The van der Waals surface area contributed by atoms with Gasteiger partial charge in [0.25, 0.3) is 0 Å². The Morgan fingerprint density at radius 1 is 1.40 bits per heavy atom. The van der Waals surface area contributed by atoms with Gasteiger partial charge in [0, 0.05) is 5.02 Å². The molecule has 0 unspecified atom stereocenters. The van der Waals surface area contributed by atoms with Crippen LogP contribution >= 0.6 is 23.2 Å². The molecule has 1 rings (SSSR count). The lowest BCUT2D eigenvalue weighted by atomic mass is 10.3. The lowest BCUT2D eigenvalue weighted by molar-refractivity contribution is -0.116. The lowest BCUT2D eigenvalue weighted by Gasteiger charge is -2.11. The summed E-state index contributed by atoms with van der Waals surface area (Å²) in [5.41, 5.74) is 0.538. The first-order valence-corrected chi connectivity index (χ1v) is 5.14. The van der Waals surface area contributed by atoms with Gasteiger partial charge in [-0.2, -0.15) is 0 Å². The van der Waals surface area contributed by atoms with E-state index in [4.69, 9.17) is 23.2 Å². The number of halogens is 2. The van der Waals surface area contributed by atoms with Crippen LogP contribution in [0.1, 0.15) is 0 Å². The summed E-state index contributed by atoms with van der Waals surface area (Å²) in [5, 5.41) is 3.70. The molecule has 0 aliphatic carbocycles. The van der Waals surface area contributed by atoms with E-state index in [-0.39, 0.29) is 5.91 Å². The average molecular weight is 247 g/mol. The summed E-state index contributed by atoms with van der Waals surface area (Å²) in [5.74, 6) is -0.121. The second-order valence-corrected chi connectivity index (χ2v) is 4.25. The van der Waals surface area contributed by atoms with Gasteiger partial charge in [-0.1, -0.05) is 23.2 Å². The molecule has 0 spiro atoms. The van der Waals surface area contributed by atoms with Crippen LogP contribution in [0, 0.1) is 0 Å². The third kappa shape index (κ3) is 4.08. The molecule has 0 saturated carbocycles. The molecule has 0 bridgehead atoms. The Labute approximate surface area is 99.0 Å². The summed E-state index contributed by atoms with van der Waals surface area (Å²) >= 11 is 11.7. The summed E-state index contributed by atoms with van der Waals surface area (Å²) in [6.45, 7) is 0.308. The maximum atomic E-state index is 11.4.